The highest BCUT2D eigenvalue weighted by Gasteiger charge is 2.35. The number of nitrogens with zero attached hydrogens (tertiary/aromatic N) is 1. The quantitative estimate of drug-likeness (QED) is 0.564. The molecule has 0 N–H and O–H groups in total. The minimum Gasteiger partial charge on any atom is -0.481 e. The van der Waals surface area contributed by atoms with Crippen LogP contribution in [0.1, 0.15) is 11.1 Å². The number of alkyl halides is 4. The van der Waals surface area contributed by atoms with Crippen molar-refractivity contribution in [3.63, 3.8) is 0 Å². The Bertz CT molecular complexity index is 434. The van der Waals surface area contributed by atoms with Crippen LogP contribution in [0, 0.1) is 11.8 Å². The molecule has 0 amide bonds. The van der Waals surface area contributed by atoms with Crippen LogP contribution in [0.2, 0.25) is 0 Å². The van der Waals surface area contributed by atoms with Crippen molar-refractivity contribution in [2.24, 2.45) is 0 Å². The molecule has 2 nitrogen and oxygen atoms in total. The van der Waals surface area contributed by atoms with Crippen LogP contribution in [0.4, 0.5) is 13.2 Å². The smallest absolute Gasteiger partial charge is 0.421 e. The van der Waals surface area contributed by atoms with Crippen LogP contribution in [-0.4, -0.2) is 18.0 Å². The van der Waals surface area contributed by atoms with Gasteiger partial charge in [-0.1, -0.05) is 11.8 Å². The third-order valence-corrected chi connectivity index (χ3v) is 1.78. The van der Waals surface area contributed by atoms with E-state index in [2.05, 4.69) is 21.6 Å². The second-order valence-electron chi connectivity index (χ2n) is 2.71. The average Bonchev–Trinajstić information content (AvgIpc) is 2.24. The number of halogens is 4. The summed E-state index contributed by atoms with van der Waals surface area (Å²) in [6.45, 7) is 0. The van der Waals surface area contributed by atoms with Gasteiger partial charge in [-0.2, -0.15) is 13.2 Å². The van der Waals surface area contributed by atoms with Gasteiger partial charge in [-0.3, -0.25) is 0 Å². The predicted octanol–water partition coefficient (Wildman–Crippen LogP) is 2.70. The van der Waals surface area contributed by atoms with Crippen LogP contribution in [0.5, 0.6) is 5.88 Å². The number of methoxy groups -OCH3 is 1. The molecule has 1 rings (SSSR count). The second kappa shape index (κ2) is 5.08. The first-order valence-electron chi connectivity index (χ1n) is 4.15. The lowest BCUT2D eigenvalue weighted by Gasteiger charge is -2.10. The van der Waals surface area contributed by atoms with Crippen molar-refractivity contribution < 1.29 is 17.9 Å². The van der Waals surface area contributed by atoms with Crippen LogP contribution < -0.4 is 4.74 Å². The summed E-state index contributed by atoms with van der Waals surface area (Å²) in [6, 6.07) is 0.880. The first kappa shape index (κ1) is 12.7. The molecule has 0 saturated carbocycles. The molecule has 0 aliphatic heterocycles. The highest BCUT2D eigenvalue weighted by atomic mass is 35.5. The van der Waals surface area contributed by atoms with Crippen LogP contribution in [0.3, 0.4) is 0 Å². The third-order valence-electron chi connectivity index (χ3n) is 1.65. The Kier molecular flexibility index (Phi) is 4.02. The van der Waals surface area contributed by atoms with Gasteiger partial charge in [0, 0.05) is 11.8 Å². The minimum atomic E-state index is -4.52. The molecule has 1 aromatic heterocycles. The predicted molar refractivity (Wildman–Crippen MR) is 53.4 cm³/mol. The lowest BCUT2D eigenvalue weighted by Crippen LogP contribution is -2.09. The van der Waals surface area contributed by atoms with Crippen LogP contribution >= 0.6 is 11.6 Å². The summed E-state index contributed by atoms with van der Waals surface area (Å²) in [5.74, 6) is 4.49. The van der Waals surface area contributed by atoms with Crippen molar-refractivity contribution in [2.75, 3.05) is 13.0 Å². The molecule has 0 atom stereocenters. The third kappa shape index (κ3) is 3.04. The van der Waals surface area contributed by atoms with E-state index in [0.29, 0.717) is 0 Å². The Labute approximate surface area is 95.4 Å². The lowest BCUT2D eigenvalue weighted by atomic mass is 10.2. The van der Waals surface area contributed by atoms with Gasteiger partial charge in [0.2, 0.25) is 5.88 Å². The van der Waals surface area contributed by atoms with Crippen molar-refractivity contribution in [3.05, 3.63) is 23.4 Å². The lowest BCUT2D eigenvalue weighted by molar-refractivity contribution is -0.139. The normalized spacial score (nSPS) is 10.6. The van der Waals surface area contributed by atoms with E-state index >= 15 is 0 Å². The van der Waals surface area contributed by atoms with Crippen molar-refractivity contribution in [1.82, 2.24) is 4.98 Å². The molecule has 0 saturated heterocycles. The van der Waals surface area contributed by atoms with Crippen LogP contribution in [0.25, 0.3) is 0 Å². The highest BCUT2D eigenvalue weighted by molar-refractivity contribution is 6.19. The maximum absolute atomic E-state index is 12.5. The molecule has 0 aliphatic rings. The van der Waals surface area contributed by atoms with Crippen molar-refractivity contribution in [1.29, 1.82) is 0 Å². The van der Waals surface area contributed by atoms with Gasteiger partial charge in [-0.05, 0) is 6.07 Å². The largest absolute Gasteiger partial charge is 0.481 e. The summed E-state index contributed by atoms with van der Waals surface area (Å²) in [7, 11) is 1.13. The van der Waals surface area contributed by atoms with Crippen molar-refractivity contribution >= 4 is 11.6 Å². The van der Waals surface area contributed by atoms with Gasteiger partial charge in [0.05, 0.1) is 13.0 Å². The number of hydrogen-bond donors (Lipinski definition) is 0. The summed E-state index contributed by atoms with van der Waals surface area (Å²) in [5.41, 5.74) is -0.801. The van der Waals surface area contributed by atoms with Crippen molar-refractivity contribution in [2.45, 2.75) is 6.18 Å². The van der Waals surface area contributed by atoms with Gasteiger partial charge in [0.15, 0.2) is 0 Å². The molecule has 0 unspecified atom stereocenters. The van der Waals surface area contributed by atoms with E-state index in [-0.39, 0.29) is 11.4 Å². The van der Waals surface area contributed by atoms with Crippen LogP contribution in [0.15, 0.2) is 12.3 Å². The first-order valence-corrected chi connectivity index (χ1v) is 4.68. The number of rotatable bonds is 1. The molecule has 1 heterocycles. The molecule has 16 heavy (non-hydrogen) atoms. The average molecular weight is 250 g/mol. The zero-order valence-corrected chi connectivity index (χ0v) is 8.99. The fraction of sp³-hybridized carbons (Fsp3) is 0.300. The fourth-order valence-corrected chi connectivity index (χ4v) is 1.09. The second-order valence-corrected chi connectivity index (χ2v) is 2.98. The van der Waals surface area contributed by atoms with Gasteiger partial charge < -0.3 is 4.74 Å². The molecular formula is C10H7ClF3NO. The molecule has 0 aliphatic carbocycles. The molecule has 86 valence electrons. The molecule has 0 aromatic carbocycles. The SMILES string of the molecule is COc1ncc(C#CCCl)cc1C(F)(F)F. The van der Waals surface area contributed by atoms with E-state index in [9.17, 15) is 13.2 Å². The molecule has 0 bridgehead atoms. The van der Waals surface area contributed by atoms with Gasteiger partial charge in [0.25, 0.3) is 0 Å². The number of hydrogen-bond acceptors (Lipinski definition) is 2. The number of aromatic nitrogens is 1. The summed E-state index contributed by atoms with van der Waals surface area (Å²) in [4.78, 5) is 3.53. The number of ether oxygens (including phenoxy) is 1. The van der Waals surface area contributed by atoms with E-state index in [1.807, 2.05) is 0 Å². The zero-order chi connectivity index (χ0) is 12.2. The summed E-state index contributed by atoms with van der Waals surface area (Å²) >= 11 is 5.30. The van der Waals surface area contributed by atoms with Gasteiger partial charge in [0.1, 0.15) is 5.56 Å². The Morgan fingerprint density at radius 3 is 2.69 bits per heavy atom. The molecular weight excluding hydrogens is 243 g/mol. The standard InChI is InChI=1S/C10H7ClF3NO/c1-16-9-8(10(12,13)14)5-7(6-15-9)3-2-4-11/h5-6H,4H2,1H3. The molecule has 1 aromatic rings. The monoisotopic (exact) mass is 249 g/mol. The Balaban J connectivity index is 3.22. The van der Waals surface area contributed by atoms with E-state index in [1.54, 1.807) is 0 Å². The van der Waals surface area contributed by atoms with Gasteiger partial charge in [-0.15, -0.1) is 11.6 Å². The first-order chi connectivity index (χ1) is 7.49. The minimum absolute atomic E-state index is 0.0490. The zero-order valence-electron chi connectivity index (χ0n) is 8.23. The van der Waals surface area contributed by atoms with Crippen LogP contribution in [-0.2, 0) is 6.18 Å². The number of pyridine rings is 1. The van der Waals surface area contributed by atoms with E-state index in [4.69, 9.17) is 11.6 Å². The molecule has 0 radical (unpaired) electrons. The Morgan fingerprint density at radius 1 is 1.50 bits per heavy atom. The summed E-state index contributed by atoms with van der Waals surface area (Å²) in [6.07, 6.45) is -3.31. The maximum atomic E-state index is 12.5. The van der Waals surface area contributed by atoms with E-state index < -0.39 is 17.6 Å². The fourth-order valence-electron chi connectivity index (χ4n) is 1.02. The summed E-state index contributed by atoms with van der Waals surface area (Å²) in [5, 5.41) is 0. The highest BCUT2D eigenvalue weighted by Crippen LogP contribution is 2.35. The van der Waals surface area contributed by atoms with E-state index in [0.717, 1.165) is 13.2 Å². The van der Waals surface area contributed by atoms with Gasteiger partial charge in [-0.25, -0.2) is 4.98 Å². The van der Waals surface area contributed by atoms with Crippen molar-refractivity contribution in [3.8, 4) is 17.7 Å². The van der Waals surface area contributed by atoms with Gasteiger partial charge >= 0.3 is 6.18 Å². The molecule has 0 spiro atoms. The molecule has 0 fully saturated rings. The Hall–Kier alpha value is -1.41. The van der Waals surface area contributed by atoms with E-state index in [1.165, 1.54) is 6.20 Å². The topological polar surface area (TPSA) is 22.1 Å². The summed E-state index contributed by atoms with van der Waals surface area (Å²) < 4.78 is 42.2. The Morgan fingerprint density at radius 2 is 2.19 bits per heavy atom. The molecule has 6 heteroatoms. The maximum Gasteiger partial charge on any atom is 0.421 e.